The van der Waals surface area contributed by atoms with E-state index in [0.29, 0.717) is 43.4 Å². The summed E-state index contributed by atoms with van der Waals surface area (Å²) in [5.41, 5.74) is 1.25. The fourth-order valence-electron chi connectivity index (χ4n) is 4.22. The SMILES string of the molecule is COc1ccc(C(O)=C2C(=O)C(=O)N(CCN3CCOCC3)[C@H]2c2ccc(OC)cc2)cc1. The largest absolute Gasteiger partial charge is 0.507 e. The van der Waals surface area contributed by atoms with Crippen molar-refractivity contribution in [1.29, 1.82) is 0 Å². The maximum absolute atomic E-state index is 13.1. The second-order valence-corrected chi connectivity index (χ2v) is 7.95. The van der Waals surface area contributed by atoms with Crippen LogP contribution in [0.2, 0.25) is 0 Å². The zero-order valence-electron chi connectivity index (χ0n) is 18.8. The van der Waals surface area contributed by atoms with Gasteiger partial charge in [-0.1, -0.05) is 12.1 Å². The smallest absolute Gasteiger partial charge is 0.295 e. The van der Waals surface area contributed by atoms with E-state index in [4.69, 9.17) is 14.2 Å². The van der Waals surface area contributed by atoms with Crippen LogP contribution in [0.15, 0.2) is 54.1 Å². The van der Waals surface area contributed by atoms with Gasteiger partial charge in [0.1, 0.15) is 17.3 Å². The molecule has 0 saturated carbocycles. The molecule has 33 heavy (non-hydrogen) atoms. The lowest BCUT2D eigenvalue weighted by atomic mass is 9.95. The molecule has 0 aromatic heterocycles. The number of hydrogen-bond donors (Lipinski definition) is 1. The number of methoxy groups -OCH3 is 2. The van der Waals surface area contributed by atoms with E-state index in [-0.39, 0.29) is 11.3 Å². The number of Topliss-reactive ketones (excluding diaryl/α,β-unsaturated/α-hetero) is 1. The fraction of sp³-hybridized carbons (Fsp3) is 0.360. The highest BCUT2D eigenvalue weighted by Crippen LogP contribution is 2.39. The number of hydrogen-bond acceptors (Lipinski definition) is 7. The summed E-state index contributed by atoms with van der Waals surface area (Å²) in [6, 6.07) is 13.2. The number of ketones is 1. The normalized spacial score (nSPS) is 20.8. The standard InChI is InChI=1S/C25H28N2O6/c1-31-19-7-3-17(4-8-19)22-21(23(28)18-5-9-20(32-2)10-6-18)24(29)25(30)27(22)12-11-26-13-15-33-16-14-26/h3-10,22,28H,11-16H2,1-2H3/t22-/m0/s1. The Hall–Kier alpha value is -3.36. The molecule has 0 radical (unpaired) electrons. The van der Waals surface area contributed by atoms with Crippen molar-refractivity contribution in [3.05, 3.63) is 65.2 Å². The maximum atomic E-state index is 13.1. The molecule has 2 saturated heterocycles. The lowest BCUT2D eigenvalue weighted by Crippen LogP contribution is -2.42. The summed E-state index contributed by atoms with van der Waals surface area (Å²) in [6.45, 7) is 3.84. The quantitative estimate of drug-likeness (QED) is 0.392. The zero-order chi connectivity index (χ0) is 23.4. The third kappa shape index (κ3) is 4.72. The molecule has 2 aliphatic rings. The Kier molecular flexibility index (Phi) is 6.96. The highest BCUT2D eigenvalue weighted by atomic mass is 16.5. The first-order chi connectivity index (χ1) is 16.0. The summed E-state index contributed by atoms with van der Waals surface area (Å²) in [6.07, 6.45) is 0. The summed E-state index contributed by atoms with van der Waals surface area (Å²) >= 11 is 0. The molecule has 2 aromatic carbocycles. The Balaban J connectivity index is 1.72. The maximum Gasteiger partial charge on any atom is 0.295 e. The van der Waals surface area contributed by atoms with Crippen LogP contribution in [0.3, 0.4) is 0 Å². The molecule has 174 valence electrons. The minimum absolute atomic E-state index is 0.0808. The second kappa shape index (κ2) is 10.1. The summed E-state index contributed by atoms with van der Waals surface area (Å²) in [5.74, 6) is -0.209. The third-order valence-electron chi connectivity index (χ3n) is 6.10. The van der Waals surface area contributed by atoms with Crippen molar-refractivity contribution in [2.24, 2.45) is 0 Å². The predicted molar refractivity (Wildman–Crippen MR) is 122 cm³/mol. The Bertz CT molecular complexity index is 1030. The number of morpholine rings is 1. The summed E-state index contributed by atoms with van der Waals surface area (Å²) in [5, 5.41) is 11.1. The topological polar surface area (TPSA) is 88.5 Å². The Morgan fingerprint density at radius 2 is 1.52 bits per heavy atom. The molecule has 1 amide bonds. The first kappa shape index (κ1) is 22.8. The van der Waals surface area contributed by atoms with E-state index < -0.39 is 17.7 Å². The molecule has 0 aliphatic carbocycles. The molecule has 2 fully saturated rings. The molecule has 8 heteroatoms. The first-order valence-electron chi connectivity index (χ1n) is 10.9. The molecule has 0 bridgehead atoms. The van der Waals surface area contributed by atoms with Gasteiger partial charge >= 0.3 is 0 Å². The van der Waals surface area contributed by atoms with Gasteiger partial charge in [-0.3, -0.25) is 14.5 Å². The van der Waals surface area contributed by atoms with E-state index in [0.717, 1.165) is 18.7 Å². The van der Waals surface area contributed by atoms with Gasteiger partial charge in [0.05, 0.1) is 39.0 Å². The van der Waals surface area contributed by atoms with Gasteiger partial charge in [0.25, 0.3) is 11.7 Å². The van der Waals surface area contributed by atoms with Crippen LogP contribution >= 0.6 is 0 Å². The summed E-state index contributed by atoms with van der Waals surface area (Å²) < 4.78 is 15.8. The number of amides is 1. The number of ether oxygens (including phenoxy) is 3. The van der Waals surface area contributed by atoms with Crippen LogP contribution in [0.4, 0.5) is 0 Å². The minimum Gasteiger partial charge on any atom is -0.507 e. The van der Waals surface area contributed by atoms with Crippen LogP contribution in [-0.2, 0) is 14.3 Å². The molecule has 4 rings (SSSR count). The second-order valence-electron chi connectivity index (χ2n) is 7.95. The van der Waals surface area contributed by atoms with Gasteiger partial charge in [0.2, 0.25) is 0 Å². The Labute approximate surface area is 193 Å². The molecular weight excluding hydrogens is 424 g/mol. The van der Waals surface area contributed by atoms with Crippen LogP contribution in [-0.4, -0.2) is 80.2 Å². The van der Waals surface area contributed by atoms with E-state index in [2.05, 4.69) is 4.90 Å². The van der Waals surface area contributed by atoms with Crippen LogP contribution in [0.1, 0.15) is 17.2 Å². The molecule has 2 aromatic rings. The van der Waals surface area contributed by atoms with E-state index in [1.54, 1.807) is 55.5 Å². The molecule has 0 unspecified atom stereocenters. The van der Waals surface area contributed by atoms with Crippen molar-refractivity contribution in [3.8, 4) is 11.5 Å². The molecule has 8 nitrogen and oxygen atoms in total. The first-order valence-corrected chi connectivity index (χ1v) is 10.9. The number of benzene rings is 2. The molecule has 2 aliphatic heterocycles. The van der Waals surface area contributed by atoms with Crippen LogP contribution in [0, 0.1) is 0 Å². The Morgan fingerprint density at radius 3 is 2.09 bits per heavy atom. The van der Waals surface area contributed by atoms with Gasteiger partial charge in [-0.15, -0.1) is 0 Å². The van der Waals surface area contributed by atoms with Gasteiger partial charge < -0.3 is 24.2 Å². The lowest BCUT2D eigenvalue weighted by Gasteiger charge is -2.31. The van der Waals surface area contributed by atoms with Crippen molar-refractivity contribution < 1.29 is 28.9 Å². The van der Waals surface area contributed by atoms with Crippen molar-refractivity contribution >= 4 is 17.4 Å². The highest BCUT2D eigenvalue weighted by Gasteiger charge is 2.46. The predicted octanol–water partition coefficient (Wildman–Crippen LogP) is 2.46. The van der Waals surface area contributed by atoms with Gasteiger partial charge in [-0.25, -0.2) is 0 Å². The number of nitrogens with zero attached hydrogens (tertiary/aromatic N) is 2. The molecule has 0 spiro atoms. The number of aliphatic hydroxyl groups is 1. The monoisotopic (exact) mass is 452 g/mol. The van der Waals surface area contributed by atoms with Crippen LogP contribution in [0.5, 0.6) is 11.5 Å². The number of carbonyl (C=O) groups is 2. The van der Waals surface area contributed by atoms with Crippen molar-refractivity contribution in [2.75, 3.05) is 53.6 Å². The number of likely N-dealkylation sites (tertiary alicyclic amines) is 1. The average molecular weight is 453 g/mol. The van der Waals surface area contributed by atoms with Crippen LogP contribution in [0.25, 0.3) is 5.76 Å². The summed E-state index contributed by atoms with van der Waals surface area (Å²) in [4.78, 5) is 30.0. The lowest BCUT2D eigenvalue weighted by molar-refractivity contribution is -0.140. The van der Waals surface area contributed by atoms with E-state index in [9.17, 15) is 14.7 Å². The van der Waals surface area contributed by atoms with Gasteiger partial charge in [0, 0.05) is 31.7 Å². The zero-order valence-corrected chi connectivity index (χ0v) is 18.8. The molecule has 2 heterocycles. The molecule has 1 atom stereocenters. The van der Waals surface area contributed by atoms with E-state index in [1.165, 1.54) is 0 Å². The fourth-order valence-corrected chi connectivity index (χ4v) is 4.22. The van der Waals surface area contributed by atoms with Crippen LogP contribution < -0.4 is 9.47 Å². The minimum atomic E-state index is -0.695. The average Bonchev–Trinajstić information content (AvgIpc) is 3.12. The molecular formula is C25H28N2O6. The van der Waals surface area contributed by atoms with Crippen molar-refractivity contribution in [3.63, 3.8) is 0 Å². The third-order valence-corrected chi connectivity index (χ3v) is 6.10. The van der Waals surface area contributed by atoms with Gasteiger partial charge in [-0.05, 0) is 42.0 Å². The highest BCUT2D eigenvalue weighted by molar-refractivity contribution is 6.46. The van der Waals surface area contributed by atoms with E-state index in [1.807, 2.05) is 12.1 Å². The van der Waals surface area contributed by atoms with Crippen molar-refractivity contribution in [1.82, 2.24) is 9.80 Å². The number of aliphatic hydroxyl groups excluding tert-OH is 1. The Morgan fingerprint density at radius 1 is 0.939 bits per heavy atom. The van der Waals surface area contributed by atoms with Crippen molar-refractivity contribution in [2.45, 2.75) is 6.04 Å². The number of carbonyl (C=O) groups excluding carboxylic acids is 2. The van der Waals surface area contributed by atoms with E-state index >= 15 is 0 Å². The summed E-state index contributed by atoms with van der Waals surface area (Å²) in [7, 11) is 3.13. The van der Waals surface area contributed by atoms with Gasteiger partial charge in [0.15, 0.2) is 0 Å². The number of rotatable bonds is 7. The molecule has 1 N–H and O–H groups in total. The van der Waals surface area contributed by atoms with Gasteiger partial charge in [-0.2, -0.15) is 0 Å².